The van der Waals surface area contributed by atoms with E-state index in [4.69, 9.17) is 0 Å². The fourth-order valence-electron chi connectivity index (χ4n) is 3.42. The molecule has 2 heterocycles. The van der Waals surface area contributed by atoms with E-state index in [0.29, 0.717) is 5.56 Å². The molecule has 4 rings (SSSR count). The van der Waals surface area contributed by atoms with Crippen molar-refractivity contribution in [1.29, 1.82) is 0 Å². The number of nitrogens with zero attached hydrogens (tertiary/aromatic N) is 3. The van der Waals surface area contributed by atoms with Gasteiger partial charge in [0.1, 0.15) is 5.82 Å². The average molecular weight is 424 g/mol. The summed E-state index contributed by atoms with van der Waals surface area (Å²) in [7, 11) is 2.06. The highest BCUT2D eigenvalue weighted by molar-refractivity contribution is 7.19. The second kappa shape index (κ2) is 8.73. The van der Waals surface area contributed by atoms with E-state index in [1.807, 2.05) is 18.2 Å². The van der Waals surface area contributed by atoms with Crippen LogP contribution in [0, 0.1) is 12.7 Å². The molecule has 154 valence electrons. The van der Waals surface area contributed by atoms with Crippen molar-refractivity contribution in [3.05, 3.63) is 76.2 Å². The van der Waals surface area contributed by atoms with Crippen LogP contribution in [0.15, 0.2) is 48.7 Å². The molecule has 0 radical (unpaired) electrons. The molecular formula is C22H22FN5OS. The van der Waals surface area contributed by atoms with Gasteiger partial charge in [-0.3, -0.25) is 4.79 Å². The number of aromatic nitrogens is 3. The summed E-state index contributed by atoms with van der Waals surface area (Å²) < 4.78 is 14.3. The van der Waals surface area contributed by atoms with Crippen LogP contribution in [-0.2, 0) is 13.0 Å². The van der Waals surface area contributed by atoms with Gasteiger partial charge in [-0.15, -0.1) is 11.3 Å². The van der Waals surface area contributed by atoms with Crippen LogP contribution in [0.2, 0.25) is 0 Å². The van der Waals surface area contributed by atoms with Crippen molar-refractivity contribution in [2.75, 3.05) is 18.9 Å². The van der Waals surface area contributed by atoms with Gasteiger partial charge in [-0.1, -0.05) is 0 Å². The van der Waals surface area contributed by atoms with Gasteiger partial charge in [0.05, 0.1) is 11.9 Å². The topological polar surface area (TPSA) is 73.9 Å². The maximum Gasteiger partial charge on any atom is 0.255 e. The molecule has 2 aromatic carbocycles. The van der Waals surface area contributed by atoms with E-state index in [1.165, 1.54) is 39.4 Å². The molecule has 0 fully saturated rings. The Bertz CT molecular complexity index is 1150. The highest BCUT2D eigenvalue weighted by Crippen LogP contribution is 2.33. The molecule has 4 aromatic rings. The molecule has 6 nitrogen and oxygen atoms in total. The van der Waals surface area contributed by atoms with Crippen molar-refractivity contribution >= 4 is 33.0 Å². The van der Waals surface area contributed by atoms with Crippen LogP contribution < -0.4 is 5.32 Å². The van der Waals surface area contributed by atoms with Crippen LogP contribution in [-0.4, -0.2) is 39.8 Å². The van der Waals surface area contributed by atoms with Crippen LogP contribution in [0.4, 0.5) is 10.1 Å². The Hall–Kier alpha value is -3.10. The summed E-state index contributed by atoms with van der Waals surface area (Å²) in [5, 5.41) is 14.7. The Morgan fingerprint density at radius 1 is 1.23 bits per heavy atom. The van der Waals surface area contributed by atoms with Crippen LogP contribution in [0.5, 0.6) is 0 Å². The minimum Gasteiger partial charge on any atom is -0.322 e. The van der Waals surface area contributed by atoms with Gasteiger partial charge in [-0.05, 0) is 73.8 Å². The number of rotatable bonds is 7. The first-order valence-corrected chi connectivity index (χ1v) is 10.4. The number of anilines is 1. The lowest BCUT2D eigenvalue weighted by Crippen LogP contribution is -2.21. The monoisotopic (exact) mass is 423 g/mol. The van der Waals surface area contributed by atoms with Crippen LogP contribution >= 0.6 is 11.3 Å². The molecule has 0 bridgehead atoms. The van der Waals surface area contributed by atoms with E-state index in [-0.39, 0.29) is 11.7 Å². The number of benzene rings is 2. The maximum atomic E-state index is 13.1. The number of likely N-dealkylation sites (N-methyl/N-ethyl adjacent to an activating group) is 1. The lowest BCUT2D eigenvalue weighted by atomic mass is 10.1. The Morgan fingerprint density at radius 3 is 2.77 bits per heavy atom. The second-order valence-corrected chi connectivity index (χ2v) is 8.51. The smallest absolute Gasteiger partial charge is 0.255 e. The molecule has 0 atom stereocenters. The van der Waals surface area contributed by atoms with Crippen LogP contribution in [0.25, 0.3) is 10.1 Å². The molecule has 0 saturated heterocycles. The van der Waals surface area contributed by atoms with E-state index >= 15 is 0 Å². The fraction of sp³-hybridized carbons (Fsp3) is 0.227. The summed E-state index contributed by atoms with van der Waals surface area (Å²) in [6, 6.07) is 11.5. The van der Waals surface area contributed by atoms with Gasteiger partial charge < -0.3 is 10.2 Å². The molecule has 2 N–H and O–H groups in total. The number of hydrogen-bond acceptors (Lipinski definition) is 5. The van der Waals surface area contributed by atoms with Crippen molar-refractivity contribution in [2.45, 2.75) is 19.9 Å². The van der Waals surface area contributed by atoms with Crippen molar-refractivity contribution in [3.63, 3.8) is 0 Å². The normalized spacial score (nSPS) is 11.3. The number of fused-ring (bicyclic) bond motifs is 1. The summed E-state index contributed by atoms with van der Waals surface area (Å²) in [4.78, 5) is 16.0. The quantitative estimate of drug-likeness (QED) is 0.462. The van der Waals surface area contributed by atoms with Crippen LogP contribution in [0.3, 0.4) is 0 Å². The predicted molar refractivity (Wildman–Crippen MR) is 117 cm³/mol. The summed E-state index contributed by atoms with van der Waals surface area (Å²) in [5.41, 5.74) is 3.36. The minimum atomic E-state index is -0.361. The van der Waals surface area contributed by atoms with Gasteiger partial charge in [-0.25, -0.2) is 4.39 Å². The maximum absolute atomic E-state index is 13.1. The van der Waals surface area contributed by atoms with E-state index in [1.54, 1.807) is 17.5 Å². The zero-order chi connectivity index (χ0) is 21.1. The second-order valence-electron chi connectivity index (χ2n) is 7.26. The highest BCUT2D eigenvalue weighted by Gasteiger charge is 2.13. The average Bonchev–Trinajstić information content (AvgIpc) is 3.33. The lowest BCUT2D eigenvalue weighted by Gasteiger charge is -2.15. The number of aromatic amines is 1. The number of carbonyl (C=O) groups is 1. The van der Waals surface area contributed by atoms with Gasteiger partial charge >= 0.3 is 0 Å². The molecule has 1 amide bonds. The summed E-state index contributed by atoms with van der Waals surface area (Å²) in [5.74, 6) is -0.616. The van der Waals surface area contributed by atoms with Gasteiger partial charge in [0.15, 0.2) is 0 Å². The summed E-state index contributed by atoms with van der Waals surface area (Å²) in [6.07, 6.45) is 2.63. The summed E-state index contributed by atoms with van der Waals surface area (Å²) >= 11 is 1.76. The van der Waals surface area contributed by atoms with Gasteiger partial charge in [0.25, 0.3) is 5.91 Å². The van der Waals surface area contributed by atoms with Crippen molar-refractivity contribution in [1.82, 2.24) is 20.3 Å². The Labute approximate surface area is 177 Å². The van der Waals surface area contributed by atoms with Crippen LogP contribution in [0.1, 0.15) is 26.5 Å². The summed E-state index contributed by atoms with van der Waals surface area (Å²) in [6.45, 7) is 3.75. The first-order valence-electron chi connectivity index (χ1n) is 9.62. The number of carbonyl (C=O) groups excluding carboxylic acids is 1. The van der Waals surface area contributed by atoms with Crippen molar-refractivity contribution in [3.8, 4) is 0 Å². The van der Waals surface area contributed by atoms with E-state index in [9.17, 15) is 9.18 Å². The Morgan fingerprint density at radius 2 is 2.03 bits per heavy atom. The number of hydrogen-bond donors (Lipinski definition) is 2. The molecule has 0 aliphatic heterocycles. The molecule has 0 unspecified atom stereocenters. The third kappa shape index (κ3) is 4.55. The molecule has 0 spiro atoms. The number of aryl methyl sites for hydroxylation is 1. The molecule has 2 aromatic heterocycles. The predicted octanol–water partition coefficient (Wildman–Crippen LogP) is 4.39. The largest absolute Gasteiger partial charge is 0.322 e. The molecule has 0 aliphatic carbocycles. The zero-order valence-corrected chi connectivity index (χ0v) is 17.6. The SMILES string of the molecule is Cc1sc2ccc(NC(=O)c3ccc(F)cc3)cc2c1CCN(C)Cc1cn[nH]n1. The number of thiophene rings is 1. The molecule has 0 saturated carbocycles. The number of nitrogens with one attached hydrogen (secondary N) is 2. The van der Waals surface area contributed by atoms with Gasteiger partial charge in [0.2, 0.25) is 0 Å². The number of amides is 1. The minimum absolute atomic E-state index is 0.254. The Kier molecular flexibility index (Phi) is 5.87. The number of halogens is 1. The lowest BCUT2D eigenvalue weighted by molar-refractivity contribution is 0.102. The third-order valence-electron chi connectivity index (χ3n) is 5.00. The van der Waals surface area contributed by atoms with Gasteiger partial charge in [0, 0.05) is 33.9 Å². The van der Waals surface area contributed by atoms with E-state index < -0.39 is 0 Å². The fourth-order valence-corrected chi connectivity index (χ4v) is 4.52. The third-order valence-corrected chi connectivity index (χ3v) is 6.13. The van der Waals surface area contributed by atoms with Crippen molar-refractivity contribution in [2.24, 2.45) is 0 Å². The molecule has 30 heavy (non-hydrogen) atoms. The standard InChI is InChI=1S/C22H22FN5OS/c1-14-19(9-10-28(2)13-18-12-24-27-26-18)20-11-17(7-8-21(20)30-14)25-22(29)15-3-5-16(23)6-4-15/h3-8,11-12H,9-10,13H2,1-2H3,(H,25,29)(H,24,26,27). The molecular weight excluding hydrogens is 401 g/mol. The van der Waals surface area contributed by atoms with Crippen molar-refractivity contribution < 1.29 is 9.18 Å². The molecule has 8 heteroatoms. The Balaban J connectivity index is 1.49. The first-order chi connectivity index (χ1) is 14.5. The zero-order valence-electron chi connectivity index (χ0n) is 16.8. The molecule has 0 aliphatic rings. The van der Waals surface area contributed by atoms with E-state index in [2.05, 4.69) is 39.6 Å². The van der Waals surface area contributed by atoms with E-state index in [0.717, 1.165) is 36.3 Å². The highest BCUT2D eigenvalue weighted by atomic mass is 32.1. The first kappa shape index (κ1) is 20.2. The van der Waals surface area contributed by atoms with Gasteiger partial charge in [-0.2, -0.15) is 15.4 Å². The number of H-pyrrole nitrogens is 1.